The molecule has 2 unspecified atom stereocenters. The van der Waals surface area contributed by atoms with E-state index in [0.29, 0.717) is 17.5 Å². The van der Waals surface area contributed by atoms with Gasteiger partial charge in [0.2, 0.25) is 0 Å². The minimum atomic E-state index is 0.345. The molecule has 0 aromatic rings. The van der Waals surface area contributed by atoms with Crippen LogP contribution in [0.4, 0.5) is 0 Å². The lowest BCUT2D eigenvalue weighted by atomic mass is 9.84. The van der Waals surface area contributed by atoms with Crippen LogP contribution >= 0.6 is 0 Å². The minimum absolute atomic E-state index is 0.345. The zero-order valence-corrected chi connectivity index (χ0v) is 14.0. The Morgan fingerprint density at radius 2 is 1.67 bits per heavy atom. The van der Waals surface area contributed by atoms with Gasteiger partial charge in [-0.2, -0.15) is 0 Å². The van der Waals surface area contributed by atoms with Gasteiger partial charge in [-0.15, -0.1) is 0 Å². The zero-order valence-electron chi connectivity index (χ0n) is 14.0. The number of hydrogen-bond acceptors (Lipinski definition) is 2. The Labute approximate surface area is 116 Å². The van der Waals surface area contributed by atoms with E-state index in [-0.39, 0.29) is 0 Å². The van der Waals surface area contributed by atoms with Crippen LogP contribution in [0.5, 0.6) is 0 Å². The van der Waals surface area contributed by atoms with Gasteiger partial charge in [-0.25, -0.2) is 0 Å². The van der Waals surface area contributed by atoms with E-state index in [1.807, 2.05) is 0 Å². The summed E-state index contributed by atoms with van der Waals surface area (Å²) >= 11 is 0. The largest absolute Gasteiger partial charge is 0.314 e. The van der Waals surface area contributed by atoms with Gasteiger partial charge in [-0.1, -0.05) is 41.5 Å². The van der Waals surface area contributed by atoms with Crippen molar-refractivity contribution >= 4 is 0 Å². The molecule has 2 atom stereocenters. The van der Waals surface area contributed by atoms with Crippen molar-refractivity contribution in [2.24, 2.45) is 11.3 Å². The highest BCUT2D eigenvalue weighted by atomic mass is 15.1. The lowest BCUT2D eigenvalue weighted by Gasteiger charge is -2.34. The van der Waals surface area contributed by atoms with Crippen molar-refractivity contribution in [1.29, 1.82) is 0 Å². The fourth-order valence-corrected chi connectivity index (χ4v) is 2.50. The average Bonchev–Trinajstić information content (AvgIpc) is 2.20. The highest BCUT2D eigenvalue weighted by molar-refractivity contribution is 4.81. The maximum absolute atomic E-state index is 3.63. The first-order chi connectivity index (χ1) is 8.18. The molecule has 0 aromatic carbocycles. The molecular weight excluding hydrogens is 220 g/mol. The van der Waals surface area contributed by atoms with Crippen LogP contribution in [0.2, 0.25) is 0 Å². The zero-order chi connectivity index (χ0) is 14.3. The summed E-state index contributed by atoms with van der Waals surface area (Å²) in [7, 11) is 2.26. The quantitative estimate of drug-likeness (QED) is 0.711. The third-order valence-electron chi connectivity index (χ3n) is 3.83. The molecule has 0 spiro atoms. The highest BCUT2D eigenvalue weighted by Crippen LogP contribution is 2.22. The molecule has 2 heteroatoms. The maximum atomic E-state index is 3.63. The van der Waals surface area contributed by atoms with Gasteiger partial charge in [0.05, 0.1) is 0 Å². The fraction of sp³-hybridized carbons (Fsp3) is 1.00. The predicted octanol–water partition coefficient (Wildman–Crippen LogP) is 3.77. The third kappa shape index (κ3) is 7.38. The van der Waals surface area contributed by atoms with Crippen molar-refractivity contribution in [3.8, 4) is 0 Å². The van der Waals surface area contributed by atoms with Gasteiger partial charge in [-0.3, -0.25) is 0 Å². The molecule has 0 heterocycles. The number of hydrogen-bond donors (Lipinski definition) is 1. The fourth-order valence-electron chi connectivity index (χ4n) is 2.50. The predicted molar refractivity (Wildman–Crippen MR) is 83.1 cm³/mol. The molecule has 0 aliphatic rings. The smallest absolute Gasteiger partial charge is 0.0128 e. The normalized spacial score (nSPS) is 16.3. The Bertz CT molecular complexity index is 206. The number of nitrogens with one attached hydrogen (secondary N) is 1. The Morgan fingerprint density at radius 1 is 1.11 bits per heavy atom. The minimum Gasteiger partial charge on any atom is -0.314 e. The number of nitrogens with zero attached hydrogens (tertiary/aromatic N) is 1. The molecule has 2 nitrogen and oxygen atoms in total. The van der Waals surface area contributed by atoms with E-state index < -0.39 is 0 Å². The van der Waals surface area contributed by atoms with E-state index in [1.165, 1.54) is 19.4 Å². The third-order valence-corrected chi connectivity index (χ3v) is 3.83. The van der Waals surface area contributed by atoms with Crippen molar-refractivity contribution in [2.45, 2.75) is 73.4 Å². The Balaban J connectivity index is 4.18. The first kappa shape index (κ1) is 17.9. The summed E-state index contributed by atoms with van der Waals surface area (Å²) in [4.78, 5) is 2.51. The van der Waals surface area contributed by atoms with Gasteiger partial charge in [0.15, 0.2) is 0 Å². The van der Waals surface area contributed by atoms with Crippen molar-refractivity contribution in [2.75, 3.05) is 20.1 Å². The van der Waals surface area contributed by atoms with Crippen LogP contribution in [-0.2, 0) is 0 Å². The van der Waals surface area contributed by atoms with E-state index >= 15 is 0 Å². The molecule has 0 amide bonds. The van der Waals surface area contributed by atoms with E-state index in [2.05, 4.69) is 65.7 Å². The second kappa shape index (κ2) is 8.16. The van der Waals surface area contributed by atoms with Crippen LogP contribution in [-0.4, -0.2) is 37.1 Å². The van der Waals surface area contributed by atoms with Gasteiger partial charge in [0, 0.05) is 12.1 Å². The topological polar surface area (TPSA) is 15.3 Å². The summed E-state index contributed by atoms with van der Waals surface area (Å²) in [5.41, 5.74) is 0.345. The van der Waals surface area contributed by atoms with E-state index in [9.17, 15) is 0 Å². The maximum Gasteiger partial charge on any atom is 0.0128 e. The van der Waals surface area contributed by atoms with Crippen molar-refractivity contribution < 1.29 is 0 Å². The van der Waals surface area contributed by atoms with Crippen molar-refractivity contribution in [3.63, 3.8) is 0 Å². The molecule has 0 rings (SSSR count). The molecule has 18 heavy (non-hydrogen) atoms. The molecule has 0 saturated carbocycles. The monoisotopic (exact) mass is 256 g/mol. The van der Waals surface area contributed by atoms with E-state index in [4.69, 9.17) is 0 Å². The van der Waals surface area contributed by atoms with Gasteiger partial charge in [0.1, 0.15) is 0 Å². The first-order valence-corrected chi connectivity index (χ1v) is 7.62. The molecular formula is C16H36N2. The molecule has 110 valence electrons. The van der Waals surface area contributed by atoms with Gasteiger partial charge >= 0.3 is 0 Å². The molecule has 0 fully saturated rings. The summed E-state index contributed by atoms with van der Waals surface area (Å²) < 4.78 is 0. The average molecular weight is 256 g/mol. The highest BCUT2D eigenvalue weighted by Gasteiger charge is 2.24. The number of rotatable bonds is 8. The molecule has 0 aliphatic heterocycles. The summed E-state index contributed by atoms with van der Waals surface area (Å²) in [6.07, 6.45) is 2.52. The van der Waals surface area contributed by atoms with Crippen LogP contribution < -0.4 is 5.32 Å². The molecule has 0 aromatic heterocycles. The second-order valence-corrected chi connectivity index (χ2v) is 7.22. The summed E-state index contributed by atoms with van der Waals surface area (Å²) in [5, 5.41) is 3.63. The summed E-state index contributed by atoms with van der Waals surface area (Å²) in [6, 6.07) is 1.29. The summed E-state index contributed by atoms with van der Waals surface area (Å²) in [5.74, 6) is 0.787. The van der Waals surface area contributed by atoms with Gasteiger partial charge in [-0.05, 0) is 51.2 Å². The van der Waals surface area contributed by atoms with Crippen LogP contribution in [0, 0.1) is 11.3 Å². The molecule has 0 saturated heterocycles. The van der Waals surface area contributed by atoms with Crippen molar-refractivity contribution in [1.82, 2.24) is 10.2 Å². The Morgan fingerprint density at radius 3 is 2.06 bits per heavy atom. The Hall–Kier alpha value is -0.0800. The van der Waals surface area contributed by atoms with Crippen LogP contribution in [0.25, 0.3) is 0 Å². The standard InChI is InChI=1S/C16H36N2/c1-9-17-15(16(5,6)7)10-11-18(8)14(4)12-13(2)3/h13-15,17H,9-12H2,1-8H3. The van der Waals surface area contributed by atoms with E-state index in [1.54, 1.807) is 0 Å². The van der Waals surface area contributed by atoms with Gasteiger partial charge < -0.3 is 10.2 Å². The lowest BCUT2D eigenvalue weighted by Crippen LogP contribution is -2.43. The first-order valence-electron chi connectivity index (χ1n) is 7.62. The van der Waals surface area contributed by atoms with E-state index in [0.717, 1.165) is 12.5 Å². The van der Waals surface area contributed by atoms with Crippen molar-refractivity contribution in [3.05, 3.63) is 0 Å². The second-order valence-electron chi connectivity index (χ2n) is 7.22. The van der Waals surface area contributed by atoms with Gasteiger partial charge in [0.25, 0.3) is 0 Å². The van der Waals surface area contributed by atoms with Crippen LogP contribution in [0.1, 0.15) is 61.3 Å². The molecule has 0 radical (unpaired) electrons. The molecule has 0 aliphatic carbocycles. The SMILES string of the molecule is CCNC(CCN(C)C(C)CC(C)C)C(C)(C)C. The van der Waals surface area contributed by atoms with Crippen LogP contribution in [0.15, 0.2) is 0 Å². The molecule has 0 bridgehead atoms. The Kier molecular flexibility index (Phi) is 8.13. The summed E-state index contributed by atoms with van der Waals surface area (Å²) in [6.45, 7) is 18.4. The molecule has 1 N–H and O–H groups in total. The lowest BCUT2D eigenvalue weighted by molar-refractivity contribution is 0.186. The van der Waals surface area contributed by atoms with Crippen LogP contribution in [0.3, 0.4) is 0 Å².